The van der Waals surface area contributed by atoms with Crippen LogP contribution in [0.5, 0.6) is 5.75 Å². The summed E-state index contributed by atoms with van der Waals surface area (Å²) in [5, 5.41) is 9.35. The number of rotatable bonds is 5. The van der Waals surface area contributed by atoms with Gasteiger partial charge in [0.1, 0.15) is 5.75 Å². The molecule has 0 aromatic heterocycles. The molecule has 1 atom stereocenters. The maximum Gasteiger partial charge on any atom is 0.336 e. The summed E-state index contributed by atoms with van der Waals surface area (Å²) in [7, 11) is 2.89. The van der Waals surface area contributed by atoms with Crippen LogP contribution in [0.3, 0.4) is 0 Å². The molecule has 29 heavy (non-hydrogen) atoms. The van der Waals surface area contributed by atoms with Crippen LogP contribution in [0.25, 0.3) is 0 Å². The second kappa shape index (κ2) is 8.61. The third-order valence-electron chi connectivity index (χ3n) is 5.21. The van der Waals surface area contributed by atoms with Crippen LogP contribution >= 0.6 is 0 Å². The molecule has 2 aromatic rings. The molecule has 1 amide bonds. The van der Waals surface area contributed by atoms with Crippen molar-refractivity contribution in [3.05, 3.63) is 76.5 Å². The molecule has 1 unspecified atom stereocenters. The summed E-state index contributed by atoms with van der Waals surface area (Å²) in [6, 6.07) is 16.6. The van der Waals surface area contributed by atoms with Crippen LogP contribution in [0.15, 0.2) is 59.8 Å². The van der Waals surface area contributed by atoms with Gasteiger partial charge in [-0.3, -0.25) is 4.79 Å². The van der Waals surface area contributed by atoms with E-state index in [4.69, 9.17) is 9.47 Å². The van der Waals surface area contributed by atoms with E-state index in [0.717, 1.165) is 11.1 Å². The topological polar surface area (TPSA) is 79.6 Å². The molecule has 0 saturated carbocycles. The number of ether oxygens (including phenoxy) is 2. The Morgan fingerprint density at radius 2 is 1.86 bits per heavy atom. The molecule has 6 heteroatoms. The quantitative estimate of drug-likeness (QED) is 0.730. The van der Waals surface area contributed by atoms with Crippen molar-refractivity contribution in [1.82, 2.24) is 4.90 Å². The highest BCUT2D eigenvalue weighted by molar-refractivity contribution is 5.96. The lowest BCUT2D eigenvalue weighted by atomic mass is 9.83. The van der Waals surface area contributed by atoms with Gasteiger partial charge in [0.15, 0.2) is 0 Å². The van der Waals surface area contributed by atoms with Gasteiger partial charge in [0.2, 0.25) is 5.91 Å². The lowest BCUT2D eigenvalue weighted by molar-refractivity contribution is -0.138. The van der Waals surface area contributed by atoms with E-state index in [1.165, 1.54) is 7.11 Å². The minimum absolute atomic E-state index is 0.108. The molecule has 148 valence electrons. The summed E-state index contributed by atoms with van der Waals surface area (Å²) >= 11 is 0. The van der Waals surface area contributed by atoms with Gasteiger partial charge in [-0.1, -0.05) is 36.4 Å². The van der Waals surface area contributed by atoms with E-state index in [9.17, 15) is 14.9 Å². The SMILES string of the molecule is COC(=O)C1=C(C)N(Cc2ccccc2C#N)C(=O)CC1c1ccccc1OC. The second-order valence-electron chi connectivity index (χ2n) is 6.74. The highest BCUT2D eigenvalue weighted by Gasteiger charge is 2.38. The highest BCUT2D eigenvalue weighted by atomic mass is 16.5. The summed E-state index contributed by atoms with van der Waals surface area (Å²) in [5.74, 6) is -0.459. The number of hydrogen-bond acceptors (Lipinski definition) is 5. The first-order valence-electron chi connectivity index (χ1n) is 9.22. The van der Waals surface area contributed by atoms with Crippen molar-refractivity contribution in [2.24, 2.45) is 0 Å². The Kier molecular flexibility index (Phi) is 5.99. The Bertz CT molecular complexity index is 1020. The fourth-order valence-electron chi connectivity index (χ4n) is 3.74. The summed E-state index contributed by atoms with van der Waals surface area (Å²) in [6.07, 6.45) is 0.108. The van der Waals surface area contributed by atoms with Crippen LogP contribution in [0, 0.1) is 11.3 Å². The monoisotopic (exact) mass is 390 g/mol. The zero-order valence-electron chi connectivity index (χ0n) is 16.6. The molecule has 2 aromatic carbocycles. The smallest absolute Gasteiger partial charge is 0.336 e. The number of hydrogen-bond donors (Lipinski definition) is 0. The molecule has 0 aliphatic carbocycles. The van der Waals surface area contributed by atoms with Gasteiger partial charge >= 0.3 is 5.97 Å². The van der Waals surface area contributed by atoms with Crippen LogP contribution in [-0.4, -0.2) is 31.0 Å². The molecule has 0 radical (unpaired) electrons. The summed E-state index contributed by atoms with van der Waals surface area (Å²) in [6.45, 7) is 1.95. The lowest BCUT2D eigenvalue weighted by Gasteiger charge is -2.35. The minimum atomic E-state index is -0.482. The van der Waals surface area contributed by atoms with E-state index in [0.29, 0.717) is 22.6 Å². The first kappa shape index (κ1) is 20.2. The van der Waals surface area contributed by atoms with Crippen LogP contribution < -0.4 is 4.74 Å². The maximum atomic E-state index is 13.1. The number of carbonyl (C=O) groups is 2. The molecule has 1 aliphatic rings. The summed E-state index contributed by atoms with van der Waals surface area (Å²) < 4.78 is 10.5. The Morgan fingerprint density at radius 1 is 1.17 bits per heavy atom. The predicted octanol–water partition coefficient (Wildman–Crippen LogP) is 3.53. The zero-order valence-corrected chi connectivity index (χ0v) is 16.6. The third-order valence-corrected chi connectivity index (χ3v) is 5.21. The number of esters is 1. The Hall–Kier alpha value is -3.59. The largest absolute Gasteiger partial charge is 0.496 e. The lowest BCUT2D eigenvalue weighted by Crippen LogP contribution is -2.38. The van der Waals surface area contributed by atoms with Crippen molar-refractivity contribution in [2.75, 3.05) is 14.2 Å². The van der Waals surface area contributed by atoms with Crippen molar-refractivity contribution in [2.45, 2.75) is 25.8 Å². The molecule has 1 aliphatic heterocycles. The molecule has 6 nitrogen and oxygen atoms in total. The van der Waals surface area contributed by atoms with Crippen molar-refractivity contribution in [3.63, 3.8) is 0 Å². The molecule has 0 fully saturated rings. The number of para-hydroxylation sites is 1. The van der Waals surface area contributed by atoms with Gasteiger partial charge in [0.25, 0.3) is 0 Å². The summed E-state index contributed by atoms with van der Waals surface area (Å²) in [4.78, 5) is 27.3. The van der Waals surface area contributed by atoms with Crippen molar-refractivity contribution in [1.29, 1.82) is 5.26 Å². The Balaban J connectivity index is 2.09. The number of nitriles is 1. The highest BCUT2D eigenvalue weighted by Crippen LogP contribution is 2.41. The van der Waals surface area contributed by atoms with Crippen molar-refractivity contribution >= 4 is 11.9 Å². The van der Waals surface area contributed by atoms with E-state index < -0.39 is 11.9 Å². The first-order chi connectivity index (χ1) is 14.0. The summed E-state index contributed by atoms with van der Waals surface area (Å²) in [5.41, 5.74) is 2.94. The van der Waals surface area contributed by atoms with Gasteiger partial charge in [-0.25, -0.2) is 4.79 Å². The molecule has 0 bridgehead atoms. The minimum Gasteiger partial charge on any atom is -0.496 e. The maximum absolute atomic E-state index is 13.1. The van der Waals surface area contributed by atoms with E-state index in [2.05, 4.69) is 6.07 Å². The molecule has 3 rings (SSSR count). The molecule has 0 saturated heterocycles. The van der Waals surface area contributed by atoms with Crippen LogP contribution in [0.2, 0.25) is 0 Å². The number of methoxy groups -OCH3 is 2. The van der Waals surface area contributed by atoms with E-state index in [1.807, 2.05) is 30.3 Å². The average Bonchev–Trinajstić information content (AvgIpc) is 2.75. The second-order valence-corrected chi connectivity index (χ2v) is 6.74. The van der Waals surface area contributed by atoms with Gasteiger partial charge < -0.3 is 14.4 Å². The predicted molar refractivity (Wildman–Crippen MR) is 107 cm³/mol. The van der Waals surface area contributed by atoms with Gasteiger partial charge in [0.05, 0.1) is 38.0 Å². The van der Waals surface area contributed by atoms with Gasteiger partial charge in [-0.15, -0.1) is 0 Å². The fraction of sp³-hybridized carbons (Fsp3) is 0.261. The van der Waals surface area contributed by atoms with E-state index in [-0.39, 0.29) is 18.9 Å². The van der Waals surface area contributed by atoms with Crippen LogP contribution in [0.4, 0.5) is 0 Å². The average molecular weight is 390 g/mol. The van der Waals surface area contributed by atoms with Gasteiger partial charge in [-0.05, 0) is 24.6 Å². The molecule has 0 N–H and O–H groups in total. The van der Waals surface area contributed by atoms with E-state index in [1.54, 1.807) is 37.1 Å². The first-order valence-corrected chi connectivity index (χ1v) is 9.22. The number of nitrogens with zero attached hydrogens (tertiary/aromatic N) is 2. The molecular formula is C23H22N2O4. The number of carbonyl (C=O) groups excluding carboxylic acids is 2. The number of amides is 1. The molecular weight excluding hydrogens is 368 g/mol. The Morgan fingerprint density at radius 3 is 2.55 bits per heavy atom. The van der Waals surface area contributed by atoms with Crippen LogP contribution in [-0.2, 0) is 20.9 Å². The van der Waals surface area contributed by atoms with Crippen molar-refractivity contribution < 1.29 is 19.1 Å². The van der Waals surface area contributed by atoms with Gasteiger partial charge in [-0.2, -0.15) is 5.26 Å². The van der Waals surface area contributed by atoms with E-state index >= 15 is 0 Å². The number of benzene rings is 2. The van der Waals surface area contributed by atoms with Crippen molar-refractivity contribution in [3.8, 4) is 11.8 Å². The molecule has 0 spiro atoms. The van der Waals surface area contributed by atoms with Crippen LogP contribution in [0.1, 0.15) is 36.0 Å². The number of allylic oxidation sites excluding steroid dienone is 1. The third kappa shape index (κ3) is 3.85. The fourth-order valence-corrected chi connectivity index (χ4v) is 3.74. The zero-order chi connectivity index (χ0) is 21.0. The Labute approximate surface area is 170 Å². The standard InChI is InChI=1S/C23H22N2O4/c1-15-22(23(27)29-3)19(18-10-6-7-11-20(18)28-2)12-21(26)25(15)14-17-9-5-4-8-16(17)13-24/h4-11,19H,12,14H2,1-3H3. The molecule has 1 heterocycles. The van der Waals surface area contributed by atoms with Gasteiger partial charge in [0, 0.05) is 23.6 Å². The normalized spacial score (nSPS) is 16.4.